The third-order valence-electron chi connectivity index (χ3n) is 5.54. The molecule has 0 saturated carbocycles. The van der Waals surface area contributed by atoms with Crippen LogP contribution in [0.3, 0.4) is 0 Å². The van der Waals surface area contributed by atoms with E-state index in [2.05, 4.69) is 5.32 Å². The molecule has 7 heteroatoms. The zero-order valence-electron chi connectivity index (χ0n) is 18.2. The van der Waals surface area contributed by atoms with Crippen LogP contribution in [0, 0.1) is 6.92 Å². The number of hydrogen-bond acceptors (Lipinski definition) is 4. The molecule has 168 valence electrons. The Labute approximate surface area is 185 Å². The second kappa shape index (κ2) is 11.3. The maximum atomic E-state index is 12.8. The van der Waals surface area contributed by atoms with Gasteiger partial charge in [-0.25, -0.2) is 8.42 Å². The fourth-order valence-corrected chi connectivity index (χ4v) is 5.19. The first-order valence-electron chi connectivity index (χ1n) is 11.0. The lowest BCUT2D eigenvalue weighted by Gasteiger charge is -2.20. The van der Waals surface area contributed by atoms with E-state index in [9.17, 15) is 13.2 Å². The summed E-state index contributed by atoms with van der Waals surface area (Å²) in [5.74, 6) is 0.779. The van der Waals surface area contributed by atoms with E-state index in [1.54, 1.807) is 28.6 Å². The number of hydrogen-bond donors (Lipinski definition) is 1. The lowest BCUT2D eigenvalue weighted by molar-refractivity contribution is -0.121. The van der Waals surface area contributed by atoms with Gasteiger partial charge in [0.2, 0.25) is 15.9 Å². The minimum absolute atomic E-state index is 0.0466. The van der Waals surface area contributed by atoms with E-state index in [1.165, 1.54) is 0 Å². The summed E-state index contributed by atoms with van der Waals surface area (Å²) in [5, 5.41) is 2.86. The lowest BCUT2D eigenvalue weighted by atomic mass is 10.1. The minimum Gasteiger partial charge on any atom is -0.491 e. The van der Waals surface area contributed by atoms with Gasteiger partial charge in [-0.05, 0) is 55.5 Å². The highest BCUT2D eigenvalue weighted by Crippen LogP contribution is 2.21. The summed E-state index contributed by atoms with van der Waals surface area (Å²) in [6.07, 6.45) is 4.93. The molecule has 1 fully saturated rings. The van der Waals surface area contributed by atoms with Gasteiger partial charge in [0.05, 0.1) is 11.4 Å². The number of para-hydroxylation sites is 1. The number of aryl methyl sites for hydroxylation is 2. The van der Waals surface area contributed by atoms with Gasteiger partial charge in [0.1, 0.15) is 12.4 Å². The average Bonchev–Trinajstić information content (AvgIpc) is 3.07. The predicted octanol–water partition coefficient (Wildman–Crippen LogP) is 3.69. The largest absolute Gasteiger partial charge is 0.491 e. The van der Waals surface area contributed by atoms with Crippen LogP contribution >= 0.6 is 0 Å². The molecule has 0 radical (unpaired) electrons. The van der Waals surface area contributed by atoms with Gasteiger partial charge < -0.3 is 10.1 Å². The van der Waals surface area contributed by atoms with E-state index in [4.69, 9.17) is 4.74 Å². The molecule has 1 aliphatic rings. The van der Waals surface area contributed by atoms with E-state index in [0.29, 0.717) is 44.0 Å². The normalized spacial score (nSPS) is 15.3. The van der Waals surface area contributed by atoms with Gasteiger partial charge in [-0.15, -0.1) is 0 Å². The van der Waals surface area contributed by atoms with Crippen LogP contribution in [0.15, 0.2) is 53.4 Å². The number of ether oxygens (including phenoxy) is 1. The van der Waals surface area contributed by atoms with E-state index in [-0.39, 0.29) is 5.91 Å². The van der Waals surface area contributed by atoms with Crippen LogP contribution < -0.4 is 10.1 Å². The van der Waals surface area contributed by atoms with Crippen LogP contribution in [0.25, 0.3) is 0 Å². The second-order valence-electron chi connectivity index (χ2n) is 7.93. The molecule has 0 aliphatic carbocycles. The van der Waals surface area contributed by atoms with Crippen LogP contribution in [-0.2, 0) is 21.2 Å². The molecule has 0 spiro atoms. The number of amides is 1. The Hall–Kier alpha value is -2.38. The maximum absolute atomic E-state index is 12.8. The van der Waals surface area contributed by atoms with Gasteiger partial charge in [0.15, 0.2) is 0 Å². The summed E-state index contributed by atoms with van der Waals surface area (Å²) >= 11 is 0. The summed E-state index contributed by atoms with van der Waals surface area (Å²) in [5.41, 5.74) is 2.01. The van der Waals surface area contributed by atoms with Crippen molar-refractivity contribution in [3.63, 3.8) is 0 Å². The van der Waals surface area contributed by atoms with Crippen molar-refractivity contribution in [1.82, 2.24) is 9.62 Å². The summed E-state index contributed by atoms with van der Waals surface area (Å²) < 4.78 is 33.0. The highest BCUT2D eigenvalue weighted by atomic mass is 32.2. The Morgan fingerprint density at radius 3 is 2.35 bits per heavy atom. The first kappa shape index (κ1) is 23.3. The molecule has 0 aromatic heterocycles. The maximum Gasteiger partial charge on any atom is 0.243 e. The van der Waals surface area contributed by atoms with Crippen molar-refractivity contribution in [2.24, 2.45) is 0 Å². The third kappa shape index (κ3) is 6.80. The minimum atomic E-state index is -3.43. The van der Waals surface area contributed by atoms with Gasteiger partial charge in [0.25, 0.3) is 0 Å². The Bertz CT molecular complexity index is 950. The molecule has 1 N–H and O–H groups in total. The zero-order chi connectivity index (χ0) is 22.1. The molecule has 2 aromatic carbocycles. The van der Waals surface area contributed by atoms with Crippen molar-refractivity contribution in [2.75, 3.05) is 26.2 Å². The van der Waals surface area contributed by atoms with E-state index < -0.39 is 10.0 Å². The van der Waals surface area contributed by atoms with Crippen molar-refractivity contribution in [3.05, 3.63) is 59.7 Å². The number of benzene rings is 2. The van der Waals surface area contributed by atoms with Crippen molar-refractivity contribution in [1.29, 1.82) is 0 Å². The summed E-state index contributed by atoms with van der Waals surface area (Å²) in [6, 6.07) is 14.7. The van der Waals surface area contributed by atoms with Crippen molar-refractivity contribution in [2.45, 2.75) is 50.3 Å². The number of rotatable bonds is 9. The second-order valence-corrected chi connectivity index (χ2v) is 9.86. The Morgan fingerprint density at radius 1 is 1.00 bits per heavy atom. The smallest absolute Gasteiger partial charge is 0.243 e. The quantitative estimate of drug-likeness (QED) is 0.599. The Morgan fingerprint density at radius 2 is 1.68 bits per heavy atom. The summed E-state index contributed by atoms with van der Waals surface area (Å²) in [4.78, 5) is 12.4. The topological polar surface area (TPSA) is 75.7 Å². The standard InChI is InChI=1S/C24H32N2O4S/c1-20-8-4-5-9-23(20)30-19-16-25-24(27)15-12-21-10-13-22(14-11-21)31(28,29)26-17-6-2-3-7-18-26/h4-5,8-11,13-14H,2-3,6-7,12,15-19H2,1H3,(H,25,27). The van der Waals surface area contributed by atoms with Crippen molar-refractivity contribution in [3.8, 4) is 5.75 Å². The van der Waals surface area contributed by atoms with E-state index in [1.807, 2.05) is 31.2 Å². The molecule has 2 aromatic rings. The number of nitrogens with one attached hydrogen (secondary N) is 1. The molecule has 0 atom stereocenters. The van der Waals surface area contributed by atoms with Crippen LogP contribution in [0.1, 0.15) is 43.2 Å². The number of carbonyl (C=O) groups excluding carboxylic acids is 1. The molecular formula is C24H32N2O4S. The van der Waals surface area contributed by atoms with Gasteiger partial charge >= 0.3 is 0 Å². The third-order valence-corrected chi connectivity index (χ3v) is 7.46. The van der Waals surface area contributed by atoms with Crippen LogP contribution in [0.4, 0.5) is 0 Å². The van der Waals surface area contributed by atoms with E-state index in [0.717, 1.165) is 42.6 Å². The van der Waals surface area contributed by atoms with Gasteiger partial charge in [-0.2, -0.15) is 4.31 Å². The van der Waals surface area contributed by atoms with Crippen molar-refractivity contribution < 1.29 is 17.9 Å². The molecule has 1 saturated heterocycles. The van der Waals surface area contributed by atoms with Crippen LogP contribution in [0.2, 0.25) is 0 Å². The van der Waals surface area contributed by atoms with Crippen LogP contribution in [0.5, 0.6) is 5.75 Å². The molecule has 0 bridgehead atoms. The number of nitrogens with zero attached hydrogens (tertiary/aromatic N) is 1. The molecule has 0 unspecified atom stereocenters. The Kier molecular flexibility index (Phi) is 8.49. The highest BCUT2D eigenvalue weighted by molar-refractivity contribution is 7.89. The lowest BCUT2D eigenvalue weighted by Crippen LogP contribution is -2.31. The number of carbonyl (C=O) groups is 1. The van der Waals surface area contributed by atoms with E-state index >= 15 is 0 Å². The molecular weight excluding hydrogens is 412 g/mol. The fraction of sp³-hybridized carbons (Fsp3) is 0.458. The van der Waals surface area contributed by atoms with Crippen molar-refractivity contribution >= 4 is 15.9 Å². The SMILES string of the molecule is Cc1ccccc1OCCNC(=O)CCc1ccc(S(=O)(=O)N2CCCCCC2)cc1. The molecule has 1 amide bonds. The first-order chi connectivity index (χ1) is 15.0. The van der Waals surface area contributed by atoms with Gasteiger partial charge in [0, 0.05) is 19.5 Å². The average molecular weight is 445 g/mol. The van der Waals surface area contributed by atoms with Gasteiger partial charge in [-0.3, -0.25) is 4.79 Å². The monoisotopic (exact) mass is 444 g/mol. The fourth-order valence-electron chi connectivity index (χ4n) is 3.68. The molecule has 1 heterocycles. The summed E-state index contributed by atoms with van der Waals surface area (Å²) in [7, 11) is -3.43. The predicted molar refractivity (Wildman–Crippen MR) is 122 cm³/mol. The first-order valence-corrected chi connectivity index (χ1v) is 12.4. The number of sulfonamides is 1. The van der Waals surface area contributed by atoms with Gasteiger partial charge in [-0.1, -0.05) is 43.2 Å². The highest BCUT2D eigenvalue weighted by Gasteiger charge is 2.24. The molecule has 1 aliphatic heterocycles. The molecule has 31 heavy (non-hydrogen) atoms. The molecule has 3 rings (SSSR count). The summed E-state index contributed by atoms with van der Waals surface area (Å²) in [6.45, 7) is 4.04. The Balaban J connectivity index is 1.42. The molecule has 6 nitrogen and oxygen atoms in total. The zero-order valence-corrected chi connectivity index (χ0v) is 19.0. The van der Waals surface area contributed by atoms with Crippen LogP contribution in [-0.4, -0.2) is 44.9 Å².